The van der Waals surface area contributed by atoms with Crippen molar-refractivity contribution in [2.24, 2.45) is 58.5 Å². The van der Waals surface area contributed by atoms with Gasteiger partial charge in [-0.15, -0.1) is 0 Å². The van der Waals surface area contributed by atoms with Crippen LogP contribution in [0, 0.1) is 52.8 Å². The molecule has 0 aromatic heterocycles. The number of carbonyl (C=O) groups excluding carboxylic acids is 1. The Kier molecular flexibility index (Phi) is 13.2. The first kappa shape index (κ1) is 39.8. The lowest BCUT2D eigenvalue weighted by Crippen LogP contribution is -2.62. The molecular weight excluding hydrogens is 640 g/mol. The largest absolute Gasteiger partial charge is 0.393 e. The molecule has 10 heteroatoms. The zero-order valence-electron chi connectivity index (χ0n) is 33.6. The highest BCUT2D eigenvalue weighted by Gasteiger charge is 2.58. The monoisotopic (exact) mass is 717 g/mol. The highest BCUT2D eigenvalue weighted by Crippen LogP contribution is 2.61. The van der Waals surface area contributed by atoms with Crippen molar-refractivity contribution in [2.75, 3.05) is 60.5 Å². The van der Waals surface area contributed by atoms with Crippen molar-refractivity contribution in [1.82, 2.24) is 25.5 Å². The minimum Gasteiger partial charge on any atom is -0.393 e. The van der Waals surface area contributed by atoms with Crippen LogP contribution in [0.15, 0.2) is 0 Å². The summed E-state index contributed by atoms with van der Waals surface area (Å²) in [6.07, 6.45) is 11.1. The normalized spacial score (nSPS) is 43.7. The molecule has 5 aliphatic carbocycles. The zero-order valence-corrected chi connectivity index (χ0v) is 33.6. The summed E-state index contributed by atoms with van der Waals surface area (Å²) >= 11 is 0. The number of carbonyl (C=O) groups is 1. The zero-order chi connectivity index (χ0) is 36.6. The smallest absolute Gasteiger partial charge is 0.240 e. The van der Waals surface area contributed by atoms with E-state index in [-0.39, 0.29) is 36.4 Å². The predicted molar refractivity (Wildman–Crippen MR) is 204 cm³/mol. The van der Waals surface area contributed by atoms with Crippen molar-refractivity contribution in [1.29, 1.82) is 0 Å². The second kappa shape index (κ2) is 16.9. The van der Waals surface area contributed by atoms with Gasteiger partial charge in [0.15, 0.2) is 0 Å². The number of aliphatic hydroxyl groups is 1. The van der Waals surface area contributed by atoms with Gasteiger partial charge in [-0.1, -0.05) is 34.1 Å². The van der Waals surface area contributed by atoms with Gasteiger partial charge in [0.2, 0.25) is 5.91 Å². The van der Waals surface area contributed by atoms with Gasteiger partial charge in [0.1, 0.15) is 6.04 Å². The molecule has 0 spiro atoms. The molecule has 15 atom stereocenters. The van der Waals surface area contributed by atoms with E-state index in [9.17, 15) is 9.90 Å². The third-order valence-electron chi connectivity index (χ3n) is 15.7. The number of hydroxylamine groups is 2. The molecule has 1 amide bonds. The minimum absolute atomic E-state index is 0.00904. The molecule has 2 bridgehead atoms. The SMILES string of the molecule is CCN1CCC[C@@H]1CNCC1CC(C2CCCC(CN3O[C@@H](CN)[C@@H]([C@H](C)O)[C@H]3C(=O)N[C@H]3C[C@H]4C[C@@H]([C@@H]3C)C4(C)C)C2OC)CC(N(C)C)C1. The first-order valence-corrected chi connectivity index (χ1v) is 21.1. The summed E-state index contributed by atoms with van der Waals surface area (Å²) in [7, 11) is 6.41. The van der Waals surface area contributed by atoms with Crippen molar-refractivity contribution in [2.45, 2.75) is 141 Å². The minimum atomic E-state index is -0.706. The van der Waals surface area contributed by atoms with Crippen molar-refractivity contribution >= 4 is 5.91 Å². The maximum Gasteiger partial charge on any atom is 0.240 e. The van der Waals surface area contributed by atoms with Crippen molar-refractivity contribution < 1.29 is 19.5 Å². The lowest BCUT2D eigenvalue weighted by Gasteiger charge is -2.62. The van der Waals surface area contributed by atoms with E-state index in [1.807, 2.05) is 12.2 Å². The maximum atomic E-state index is 14.3. The molecule has 0 aromatic carbocycles. The molecule has 0 aromatic rings. The van der Waals surface area contributed by atoms with Crippen molar-refractivity contribution in [3.63, 3.8) is 0 Å². The number of ether oxygens (including phenoxy) is 1. The summed E-state index contributed by atoms with van der Waals surface area (Å²) in [4.78, 5) is 26.0. The van der Waals surface area contributed by atoms with Gasteiger partial charge in [-0.3, -0.25) is 14.5 Å². The molecule has 51 heavy (non-hydrogen) atoms. The third-order valence-corrected chi connectivity index (χ3v) is 15.7. The number of hydrogen-bond acceptors (Lipinski definition) is 9. The van der Waals surface area contributed by atoms with E-state index < -0.39 is 18.2 Å². The van der Waals surface area contributed by atoms with Gasteiger partial charge >= 0.3 is 0 Å². The lowest BCUT2D eigenvalue weighted by atomic mass is 9.45. The molecule has 10 nitrogen and oxygen atoms in total. The predicted octanol–water partition coefficient (Wildman–Crippen LogP) is 3.97. The first-order valence-electron chi connectivity index (χ1n) is 21.1. The number of aliphatic hydroxyl groups excluding tert-OH is 1. The number of nitrogens with one attached hydrogen (secondary N) is 2. The molecule has 7 fully saturated rings. The lowest BCUT2D eigenvalue weighted by molar-refractivity contribution is -0.186. The molecule has 2 aliphatic heterocycles. The first-order chi connectivity index (χ1) is 24.4. The topological polar surface area (TPSA) is 116 Å². The van der Waals surface area contributed by atoms with Crippen LogP contribution in [0.4, 0.5) is 0 Å². The average molecular weight is 717 g/mol. The number of rotatable bonds is 14. The van der Waals surface area contributed by atoms with Crippen molar-refractivity contribution in [3.05, 3.63) is 0 Å². The van der Waals surface area contributed by atoms with Crippen LogP contribution < -0.4 is 16.4 Å². The second-order valence-corrected chi connectivity index (χ2v) is 18.9. The van der Waals surface area contributed by atoms with E-state index in [1.165, 1.54) is 57.9 Å². The number of fused-ring (bicyclic) bond motifs is 2. The van der Waals surface area contributed by atoms with E-state index >= 15 is 0 Å². The summed E-state index contributed by atoms with van der Waals surface area (Å²) in [6, 6.07) is 0.862. The Labute approximate surface area is 310 Å². The Balaban J connectivity index is 1.13. The molecule has 0 radical (unpaired) electrons. The number of methoxy groups -OCH3 is 1. The van der Waals surface area contributed by atoms with Gasteiger partial charge in [-0.05, 0) is 139 Å². The number of nitrogens with zero attached hydrogens (tertiary/aromatic N) is 3. The summed E-state index contributed by atoms with van der Waals surface area (Å²) in [5.41, 5.74) is 6.61. The van der Waals surface area contributed by atoms with E-state index in [2.05, 4.69) is 62.2 Å². The van der Waals surface area contributed by atoms with Crippen LogP contribution in [0.1, 0.15) is 98.8 Å². The Morgan fingerprint density at radius 1 is 1.10 bits per heavy atom. The van der Waals surface area contributed by atoms with Crippen LogP contribution in [-0.2, 0) is 14.4 Å². The summed E-state index contributed by atoms with van der Waals surface area (Å²) in [5.74, 6) is 3.35. The van der Waals surface area contributed by atoms with Crippen LogP contribution in [-0.4, -0.2) is 129 Å². The van der Waals surface area contributed by atoms with Crippen LogP contribution in [0.2, 0.25) is 0 Å². The van der Waals surface area contributed by atoms with Gasteiger partial charge in [0, 0.05) is 56.7 Å². The highest BCUT2D eigenvalue weighted by molar-refractivity contribution is 5.82. The molecule has 2 saturated heterocycles. The highest BCUT2D eigenvalue weighted by atomic mass is 16.7. The average Bonchev–Trinajstić information content (AvgIpc) is 3.72. The van der Waals surface area contributed by atoms with Gasteiger partial charge < -0.3 is 31.1 Å². The molecule has 5 N–H and O–H groups in total. The Hall–Kier alpha value is -0.850. The number of likely N-dealkylation sites (N-methyl/N-ethyl adjacent to an activating group) is 1. The van der Waals surface area contributed by atoms with Gasteiger partial charge in [-0.25, -0.2) is 0 Å². The summed E-state index contributed by atoms with van der Waals surface area (Å²) in [6.45, 7) is 16.7. The molecule has 294 valence electrons. The summed E-state index contributed by atoms with van der Waals surface area (Å²) in [5, 5.41) is 20.4. The van der Waals surface area contributed by atoms with Gasteiger partial charge in [0.05, 0.1) is 18.3 Å². The molecule has 5 saturated carbocycles. The number of hydrogen-bond donors (Lipinski definition) is 4. The molecular formula is C41H76N6O4. The molecule has 6 unspecified atom stereocenters. The standard InChI is InChI=1S/C41H76N6O4/c1-9-46-15-11-13-31(46)23-43-22-27-16-29(18-32(17-27)45(6)7)33-14-10-12-28(39(33)50-8)24-47-38(37(26(3)48)36(21-42)51-47)40(49)44-35-20-30-19-34(25(35)2)41(30,4)5/h25-39,43,48H,9-24,42H2,1-8H3,(H,44,49)/t25-,26-,27?,28?,29?,30+,31+,32?,33?,34-,35-,36-,37+,38-,39?/m0/s1. The summed E-state index contributed by atoms with van der Waals surface area (Å²) < 4.78 is 6.49. The quantitative estimate of drug-likeness (QED) is 0.212. The van der Waals surface area contributed by atoms with Crippen LogP contribution >= 0.6 is 0 Å². The molecule has 7 rings (SSSR count). The van der Waals surface area contributed by atoms with E-state index in [4.69, 9.17) is 15.3 Å². The third kappa shape index (κ3) is 8.24. The maximum absolute atomic E-state index is 14.3. The van der Waals surface area contributed by atoms with E-state index in [1.54, 1.807) is 6.92 Å². The number of nitrogens with two attached hydrogens (primary N) is 1. The van der Waals surface area contributed by atoms with Crippen LogP contribution in [0.5, 0.6) is 0 Å². The van der Waals surface area contributed by atoms with Gasteiger partial charge in [0.25, 0.3) is 0 Å². The Morgan fingerprint density at radius 3 is 2.53 bits per heavy atom. The van der Waals surface area contributed by atoms with Crippen LogP contribution in [0.25, 0.3) is 0 Å². The number of likely N-dealkylation sites (tertiary alicyclic amines) is 1. The van der Waals surface area contributed by atoms with Gasteiger partial charge in [-0.2, -0.15) is 5.06 Å². The molecule has 2 heterocycles. The fraction of sp³-hybridized carbons (Fsp3) is 0.976. The molecule has 7 aliphatic rings. The number of amides is 1. The fourth-order valence-corrected chi connectivity index (χ4v) is 12.5. The van der Waals surface area contributed by atoms with Crippen LogP contribution in [0.3, 0.4) is 0 Å². The van der Waals surface area contributed by atoms with E-state index in [0.717, 1.165) is 32.5 Å². The second-order valence-electron chi connectivity index (χ2n) is 18.9. The Morgan fingerprint density at radius 2 is 1.88 bits per heavy atom. The Bertz CT molecular complexity index is 1140. The fourth-order valence-electron chi connectivity index (χ4n) is 12.5. The van der Waals surface area contributed by atoms with Crippen molar-refractivity contribution in [3.8, 4) is 0 Å². The van der Waals surface area contributed by atoms with E-state index in [0.29, 0.717) is 59.6 Å².